The largest absolute Gasteiger partial charge is 0.480 e. The average molecular weight is 285 g/mol. The molecule has 7 nitrogen and oxygen atoms in total. The van der Waals surface area contributed by atoms with Gasteiger partial charge in [-0.05, 0) is 27.2 Å². The van der Waals surface area contributed by atoms with Crippen molar-refractivity contribution in [2.45, 2.75) is 45.7 Å². The number of amides is 3. The van der Waals surface area contributed by atoms with Crippen LogP contribution in [0.3, 0.4) is 0 Å². The normalized spacial score (nSPS) is 19.5. The van der Waals surface area contributed by atoms with E-state index >= 15 is 0 Å². The molecule has 0 aromatic carbocycles. The number of carboxylic acids is 1. The summed E-state index contributed by atoms with van der Waals surface area (Å²) >= 11 is 0. The minimum absolute atomic E-state index is 0.184. The highest BCUT2D eigenvalue weighted by atomic mass is 16.4. The Kier molecular flexibility index (Phi) is 4.97. The summed E-state index contributed by atoms with van der Waals surface area (Å²) < 4.78 is 0. The van der Waals surface area contributed by atoms with Crippen LogP contribution < -0.4 is 5.32 Å². The first-order valence-electron chi connectivity index (χ1n) is 6.86. The number of likely N-dealkylation sites (N-methyl/N-ethyl adjacent to an activating group) is 1. The van der Waals surface area contributed by atoms with E-state index in [1.165, 1.54) is 23.6 Å². The van der Waals surface area contributed by atoms with E-state index in [2.05, 4.69) is 5.32 Å². The smallest absolute Gasteiger partial charge is 0.329 e. The number of carbonyl (C=O) groups excluding carboxylic acids is 2. The number of urea groups is 1. The molecule has 1 unspecified atom stereocenters. The third kappa shape index (κ3) is 2.86. The van der Waals surface area contributed by atoms with Crippen LogP contribution >= 0.6 is 0 Å². The summed E-state index contributed by atoms with van der Waals surface area (Å²) in [7, 11) is 0. The molecule has 1 heterocycles. The zero-order valence-corrected chi connectivity index (χ0v) is 12.5. The van der Waals surface area contributed by atoms with Crippen LogP contribution in [0.25, 0.3) is 0 Å². The Bertz CT molecular complexity index is 408. The summed E-state index contributed by atoms with van der Waals surface area (Å²) in [4.78, 5) is 38.5. The molecule has 0 saturated carbocycles. The van der Waals surface area contributed by atoms with Gasteiger partial charge in [0.2, 0.25) is 5.91 Å². The summed E-state index contributed by atoms with van der Waals surface area (Å²) in [6, 6.07) is -0.934. The van der Waals surface area contributed by atoms with Gasteiger partial charge < -0.3 is 20.2 Å². The van der Waals surface area contributed by atoms with Crippen LogP contribution in [-0.4, -0.2) is 64.0 Å². The van der Waals surface area contributed by atoms with Crippen molar-refractivity contribution in [2.75, 3.05) is 19.6 Å². The van der Waals surface area contributed by atoms with Gasteiger partial charge in [-0.2, -0.15) is 0 Å². The minimum Gasteiger partial charge on any atom is -0.480 e. The van der Waals surface area contributed by atoms with E-state index in [1.54, 1.807) is 6.92 Å². The predicted molar refractivity (Wildman–Crippen MR) is 73.3 cm³/mol. The minimum atomic E-state index is -1.31. The van der Waals surface area contributed by atoms with Gasteiger partial charge in [0.1, 0.15) is 11.6 Å². The van der Waals surface area contributed by atoms with Crippen molar-refractivity contribution >= 4 is 17.9 Å². The number of piperazine rings is 1. The van der Waals surface area contributed by atoms with Crippen LogP contribution in [0, 0.1) is 0 Å². The Balaban J connectivity index is 3.01. The molecule has 3 amide bonds. The molecule has 7 heteroatoms. The summed E-state index contributed by atoms with van der Waals surface area (Å²) in [6.07, 6.45) is 0.503. The summed E-state index contributed by atoms with van der Waals surface area (Å²) in [5.41, 5.74) is -1.31. The Hall–Kier alpha value is -1.79. The molecule has 1 aliphatic heterocycles. The average Bonchev–Trinajstić information content (AvgIpc) is 2.38. The molecule has 0 bridgehead atoms. The van der Waals surface area contributed by atoms with Crippen molar-refractivity contribution in [3.05, 3.63) is 0 Å². The maximum atomic E-state index is 12.6. The first-order chi connectivity index (χ1) is 9.27. The third-order valence-electron chi connectivity index (χ3n) is 3.71. The molecule has 114 valence electrons. The van der Waals surface area contributed by atoms with Gasteiger partial charge in [0.15, 0.2) is 0 Å². The lowest BCUT2D eigenvalue weighted by Crippen LogP contribution is -2.63. The van der Waals surface area contributed by atoms with E-state index < -0.39 is 23.6 Å². The highest BCUT2D eigenvalue weighted by Crippen LogP contribution is 2.20. The van der Waals surface area contributed by atoms with E-state index in [0.717, 1.165) is 0 Å². The number of nitrogens with zero attached hydrogens (tertiary/aromatic N) is 2. The van der Waals surface area contributed by atoms with Crippen molar-refractivity contribution in [1.82, 2.24) is 15.1 Å². The highest BCUT2D eigenvalue weighted by Gasteiger charge is 2.42. The second kappa shape index (κ2) is 6.11. The maximum absolute atomic E-state index is 12.6. The topological polar surface area (TPSA) is 90.0 Å². The Labute approximate surface area is 118 Å². The molecule has 1 rings (SSSR count). The Morgan fingerprint density at radius 2 is 2.05 bits per heavy atom. The number of nitrogens with one attached hydrogen (secondary N) is 1. The zero-order valence-electron chi connectivity index (χ0n) is 12.5. The first kappa shape index (κ1) is 16.3. The van der Waals surface area contributed by atoms with E-state index in [9.17, 15) is 19.5 Å². The SMILES string of the molecule is CCC1C(=O)NCCN1C(=O)N(CC)C(C)(C)C(=O)O. The lowest BCUT2D eigenvalue weighted by atomic mass is 10.0. The second-order valence-corrected chi connectivity index (χ2v) is 5.30. The second-order valence-electron chi connectivity index (χ2n) is 5.30. The summed E-state index contributed by atoms with van der Waals surface area (Å²) in [5.74, 6) is -1.25. The van der Waals surface area contributed by atoms with Crippen molar-refractivity contribution in [2.24, 2.45) is 0 Å². The molecule has 2 N–H and O–H groups in total. The molecule has 0 aliphatic carbocycles. The molecule has 1 fully saturated rings. The van der Waals surface area contributed by atoms with Gasteiger partial charge in [-0.15, -0.1) is 0 Å². The molecular weight excluding hydrogens is 262 g/mol. The molecule has 0 radical (unpaired) electrons. The molecule has 0 aromatic rings. The van der Waals surface area contributed by atoms with Crippen molar-refractivity contribution in [3.8, 4) is 0 Å². The third-order valence-corrected chi connectivity index (χ3v) is 3.71. The van der Waals surface area contributed by atoms with Crippen molar-refractivity contribution in [3.63, 3.8) is 0 Å². The number of carboxylic acid groups (broad SMARTS) is 1. The van der Waals surface area contributed by atoms with Gasteiger partial charge >= 0.3 is 12.0 Å². The molecule has 20 heavy (non-hydrogen) atoms. The zero-order chi connectivity index (χ0) is 15.5. The lowest BCUT2D eigenvalue weighted by Gasteiger charge is -2.42. The van der Waals surface area contributed by atoms with Crippen LogP contribution in [0.1, 0.15) is 34.1 Å². The lowest BCUT2D eigenvalue weighted by molar-refractivity contribution is -0.148. The van der Waals surface area contributed by atoms with Crippen molar-refractivity contribution in [1.29, 1.82) is 0 Å². The fourth-order valence-electron chi connectivity index (χ4n) is 2.39. The number of hydrogen-bond acceptors (Lipinski definition) is 3. The van der Waals surface area contributed by atoms with Crippen LogP contribution in [-0.2, 0) is 9.59 Å². The van der Waals surface area contributed by atoms with Crippen LogP contribution in [0.4, 0.5) is 4.79 Å². The van der Waals surface area contributed by atoms with Crippen molar-refractivity contribution < 1.29 is 19.5 Å². The monoisotopic (exact) mass is 285 g/mol. The summed E-state index contributed by atoms with van der Waals surface area (Å²) in [5, 5.41) is 12.0. The number of rotatable bonds is 4. The number of hydrogen-bond donors (Lipinski definition) is 2. The molecule has 1 aliphatic rings. The standard InChI is InChI=1S/C13H23N3O4/c1-5-9-10(17)14-7-8-15(9)12(20)16(6-2)13(3,4)11(18)19/h9H,5-8H2,1-4H3,(H,14,17)(H,18,19). The van der Waals surface area contributed by atoms with Gasteiger partial charge in [0, 0.05) is 19.6 Å². The quantitative estimate of drug-likeness (QED) is 0.787. The van der Waals surface area contributed by atoms with Gasteiger partial charge in [0.05, 0.1) is 0 Å². The number of aliphatic carboxylic acids is 1. The molecule has 0 spiro atoms. The first-order valence-corrected chi connectivity index (χ1v) is 6.86. The predicted octanol–water partition coefficient (Wildman–Crippen LogP) is 0.502. The molecule has 0 aromatic heterocycles. The number of carbonyl (C=O) groups is 3. The van der Waals surface area contributed by atoms with E-state index in [0.29, 0.717) is 19.5 Å². The molecular formula is C13H23N3O4. The molecule has 1 saturated heterocycles. The maximum Gasteiger partial charge on any atom is 0.329 e. The Morgan fingerprint density at radius 3 is 2.50 bits per heavy atom. The fraction of sp³-hybridized carbons (Fsp3) is 0.769. The van der Waals surface area contributed by atoms with Crippen LogP contribution in [0.15, 0.2) is 0 Å². The van der Waals surface area contributed by atoms with E-state index in [4.69, 9.17) is 0 Å². The van der Waals surface area contributed by atoms with Gasteiger partial charge in [-0.1, -0.05) is 6.92 Å². The molecule has 1 atom stereocenters. The van der Waals surface area contributed by atoms with Gasteiger partial charge in [-0.3, -0.25) is 4.79 Å². The Morgan fingerprint density at radius 1 is 1.45 bits per heavy atom. The highest BCUT2D eigenvalue weighted by molar-refractivity contribution is 5.90. The van der Waals surface area contributed by atoms with E-state index in [-0.39, 0.29) is 12.5 Å². The summed E-state index contributed by atoms with van der Waals surface area (Å²) in [6.45, 7) is 7.60. The fourth-order valence-corrected chi connectivity index (χ4v) is 2.39. The van der Waals surface area contributed by atoms with Gasteiger partial charge in [0.25, 0.3) is 0 Å². The van der Waals surface area contributed by atoms with Crippen LogP contribution in [0.2, 0.25) is 0 Å². The van der Waals surface area contributed by atoms with Gasteiger partial charge in [-0.25, -0.2) is 9.59 Å². The van der Waals surface area contributed by atoms with E-state index in [1.807, 2.05) is 6.92 Å². The van der Waals surface area contributed by atoms with Crippen LogP contribution in [0.5, 0.6) is 0 Å².